The number of hydroxylamine groups is 1. The Hall–Kier alpha value is -2.39. The minimum atomic E-state index is -0.543. The molecule has 0 fully saturated rings. The first kappa shape index (κ1) is 19.4. The quantitative estimate of drug-likeness (QED) is 0.254. The molecule has 2 N–H and O–H groups in total. The molecule has 0 saturated heterocycles. The molecular formula is C20H19IN2O4. The van der Waals surface area contributed by atoms with Gasteiger partial charge in [-0.2, -0.15) is 0 Å². The Bertz CT molecular complexity index is 1010. The first-order valence-corrected chi connectivity index (χ1v) is 9.83. The van der Waals surface area contributed by atoms with Crippen LogP contribution in [0.2, 0.25) is 0 Å². The minimum Gasteiger partial charge on any atom is -0.497 e. The monoisotopic (exact) mass is 478 g/mol. The Morgan fingerprint density at radius 1 is 1.19 bits per heavy atom. The second-order valence-corrected chi connectivity index (χ2v) is 6.89. The molecule has 0 aliphatic heterocycles. The maximum Gasteiger partial charge on any atom is 0.262 e. The number of hydrogen-bond donors (Lipinski definition) is 2. The van der Waals surface area contributed by atoms with Crippen molar-refractivity contribution in [2.75, 3.05) is 7.11 Å². The lowest BCUT2D eigenvalue weighted by molar-refractivity contribution is -0.128. The number of nitrogens with one attached hydrogen (secondary N) is 1. The van der Waals surface area contributed by atoms with Gasteiger partial charge >= 0.3 is 0 Å². The molecular weight excluding hydrogens is 459 g/mol. The van der Waals surface area contributed by atoms with Crippen LogP contribution in [0.3, 0.4) is 0 Å². The summed E-state index contributed by atoms with van der Waals surface area (Å²) in [6, 6.07) is 12.9. The highest BCUT2D eigenvalue weighted by molar-refractivity contribution is 14.1. The lowest BCUT2D eigenvalue weighted by Crippen LogP contribution is -2.21. The van der Waals surface area contributed by atoms with E-state index in [0.29, 0.717) is 28.1 Å². The molecule has 2 aromatic carbocycles. The van der Waals surface area contributed by atoms with Gasteiger partial charge in [0.05, 0.1) is 19.0 Å². The van der Waals surface area contributed by atoms with Crippen molar-refractivity contribution < 1.29 is 19.5 Å². The van der Waals surface area contributed by atoms with Crippen molar-refractivity contribution >= 4 is 45.3 Å². The smallest absolute Gasteiger partial charge is 0.262 e. The van der Waals surface area contributed by atoms with Gasteiger partial charge in [0.25, 0.3) is 5.91 Å². The highest BCUT2D eigenvalue weighted by atomic mass is 127. The van der Waals surface area contributed by atoms with Crippen molar-refractivity contribution in [3.05, 3.63) is 64.8 Å². The fourth-order valence-corrected chi connectivity index (χ4v) is 3.65. The van der Waals surface area contributed by atoms with Crippen molar-refractivity contribution in [3.8, 4) is 5.75 Å². The van der Waals surface area contributed by atoms with E-state index in [4.69, 9.17) is 9.94 Å². The molecule has 0 saturated carbocycles. The van der Waals surface area contributed by atoms with E-state index in [1.165, 1.54) is 0 Å². The van der Waals surface area contributed by atoms with Crippen molar-refractivity contribution in [2.45, 2.75) is 17.8 Å². The highest BCUT2D eigenvalue weighted by Crippen LogP contribution is 2.30. The van der Waals surface area contributed by atoms with E-state index < -0.39 is 5.91 Å². The van der Waals surface area contributed by atoms with Gasteiger partial charge in [-0.25, -0.2) is 5.48 Å². The molecule has 1 aromatic heterocycles. The Morgan fingerprint density at radius 2 is 1.89 bits per heavy atom. The minimum absolute atomic E-state index is 0.0416. The van der Waals surface area contributed by atoms with Gasteiger partial charge < -0.3 is 4.74 Å². The fourth-order valence-electron chi connectivity index (χ4n) is 3.14. The van der Waals surface area contributed by atoms with Crippen LogP contribution in [0.25, 0.3) is 10.9 Å². The lowest BCUT2D eigenvalue weighted by atomic mass is 10.1. The van der Waals surface area contributed by atoms with Crippen LogP contribution >= 0.6 is 22.6 Å². The number of hydrogen-bond acceptors (Lipinski definition) is 4. The van der Waals surface area contributed by atoms with Gasteiger partial charge in [-0.15, -0.1) is 0 Å². The molecule has 0 spiro atoms. The number of methoxy groups -OCH3 is 1. The van der Waals surface area contributed by atoms with Crippen LogP contribution in [-0.4, -0.2) is 28.7 Å². The van der Waals surface area contributed by atoms with Gasteiger partial charge in [0.1, 0.15) is 5.75 Å². The second-order valence-electron chi connectivity index (χ2n) is 6.13. The predicted molar refractivity (Wildman–Crippen MR) is 111 cm³/mol. The summed E-state index contributed by atoms with van der Waals surface area (Å²) in [5, 5.41) is 9.65. The first-order valence-electron chi connectivity index (χ1n) is 8.30. The standard InChI is InChI=1S/C20H19IN2O4/c1-12-16(10-19(24)22-26)17-9-15(27-2)7-8-18(17)23(12)20(25)14-5-3-13(11-21)4-6-14/h3-9,26H,10-11H2,1-2H3,(H,22,24). The summed E-state index contributed by atoms with van der Waals surface area (Å²) in [6.45, 7) is 1.80. The van der Waals surface area contributed by atoms with Crippen molar-refractivity contribution in [2.24, 2.45) is 0 Å². The third kappa shape index (κ3) is 3.70. The van der Waals surface area contributed by atoms with Crippen LogP contribution in [0, 0.1) is 6.92 Å². The molecule has 0 radical (unpaired) electrons. The molecule has 7 heteroatoms. The van der Waals surface area contributed by atoms with Crippen LogP contribution in [-0.2, 0) is 15.6 Å². The van der Waals surface area contributed by atoms with Crippen LogP contribution in [0.5, 0.6) is 5.75 Å². The first-order chi connectivity index (χ1) is 13.0. The number of halogens is 1. The molecule has 0 bridgehead atoms. The summed E-state index contributed by atoms with van der Waals surface area (Å²) in [5.41, 5.74) is 5.39. The van der Waals surface area contributed by atoms with E-state index >= 15 is 0 Å². The summed E-state index contributed by atoms with van der Waals surface area (Å²) < 4.78 is 7.76. The number of nitrogens with zero attached hydrogens (tertiary/aromatic N) is 1. The summed E-state index contributed by atoms with van der Waals surface area (Å²) in [7, 11) is 1.56. The molecule has 27 heavy (non-hydrogen) atoms. The average Bonchev–Trinajstić information content (AvgIpc) is 2.98. The molecule has 1 amide bonds. The van der Waals surface area contributed by atoms with Crippen LogP contribution in [0.1, 0.15) is 27.2 Å². The maximum atomic E-state index is 13.2. The SMILES string of the molecule is COc1ccc2c(c1)c(CC(=O)NO)c(C)n2C(=O)c1ccc(CI)cc1. The van der Waals surface area contributed by atoms with Crippen molar-refractivity contribution in [1.82, 2.24) is 10.0 Å². The third-order valence-corrected chi connectivity index (χ3v) is 5.44. The summed E-state index contributed by atoms with van der Waals surface area (Å²) in [6.07, 6.45) is -0.0416. The van der Waals surface area contributed by atoms with Gasteiger partial charge in [0, 0.05) is 21.1 Å². The van der Waals surface area contributed by atoms with E-state index in [1.807, 2.05) is 24.3 Å². The number of carbonyl (C=O) groups excluding carboxylic acids is 2. The number of alkyl halides is 1. The zero-order chi connectivity index (χ0) is 19.6. The van der Waals surface area contributed by atoms with Crippen LogP contribution < -0.4 is 10.2 Å². The number of fused-ring (bicyclic) bond motifs is 1. The summed E-state index contributed by atoms with van der Waals surface area (Å²) >= 11 is 2.28. The van der Waals surface area contributed by atoms with E-state index in [0.717, 1.165) is 15.4 Å². The van der Waals surface area contributed by atoms with E-state index in [-0.39, 0.29) is 12.3 Å². The van der Waals surface area contributed by atoms with Gasteiger partial charge in [0.15, 0.2) is 0 Å². The largest absolute Gasteiger partial charge is 0.497 e. The number of carbonyl (C=O) groups is 2. The predicted octanol–water partition coefficient (Wildman–Crippen LogP) is 3.63. The normalized spacial score (nSPS) is 10.8. The van der Waals surface area contributed by atoms with Crippen molar-refractivity contribution in [1.29, 1.82) is 0 Å². The third-order valence-electron chi connectivity index (χ3n) is 4.56. The second kappa shape index (κ2) is 8.10. The topological polar surface area (TPSA) is 80.6 Å². The van der Waals surface area contributed by atoms with Gasteiger partial charge in [0.2, 0.25) is 5.91 Å². The Kier molecular flexibility index (Phi) is 5.81. The summed E-state index contributed by atoms with van der Waals surface area (Å²) in [5.74, 6) is -0.0821. The van der Waals surface area contributed by atoms with Gasteiger partial charge in [-0.1, -0.05) is 34.7 Å². The number of rotatable bonds is 5. The highest BCUT2D eigenvalue weighted by Gasteiger charge is 2.21. The van der Waals surface area contributed by atoms with Gasteiger partial charge in [-0.3, -0.25) is 19.4 Å². The fraction of sp³-hybridized carbons (Fsp3) is 0.200. The average molecular weight is 478 g/mol. The zero-order valence-corrected chi connectivity index (χ0v) is 17.1. The number of amides is 1. The van der Waals surface area contributed by atoms with Gasteiger partial charge in [-0.05, 0) is 48.4 Å². The molecule has 3 aromatic rings. The number of aromatic nitrogens is 1. The molecule has 0 atom stereocenters. The van der Waals surface area contributed by atoms with Crippen LogP contribution in [0.15, 0.2) is 42.5 Å². The Balaban J connectivity index is 2.17. The van der Waals surface area contributed by atoms with Crippen LogP contribution in [0.4, 0.5) is 0 Å². The maximum absolute atomic E-state index is 13.2. The molecule has 3 rings (SSSR count). The molecule has 140 valence electrons. The summed E-state index contributed by atoms with van der Waals surface area (Å²) in [4.78, 5) is 24.9. The Morgan fingerprint density at radius 3 is 2.48 bits per heavy atom. The zero-order valence-electron chi connectivity index (χ0n) is 15.0. The number of ether oxygens (including phenoxy) is 1. The molecule has 6 nitrogen and oxygen atoms in total. The Labute approximate surface area is 170 Å². The van der Waals surface area contributed by atoms with E-state index in [2.05, 4.69) is 22.6 Å². The molecule has 0 aliphatic rings. The lowest BCUT2D eigenvalue weighted by Gasteiger charge is -2.08. The number of benzene rings is 2. The van der Waals surface area contributed by atoms with Crippen molar-refractivity contribution in [3.63, 3.8) is 0 Å². The molecule has 0 unspecified atom stereocenters. The van der Waals surface area contributed by atoms with E-state index in [9.17, 15) is 9.59 Å². The molecule has 1 heterocycles. The molecule has 0 aliphatic carbocycles. The van der Waals surface area contributed by atoms with E-state index in [1.54, 1.807) is 42.3 Å².